The molecule has 28 heavy (non-hydrogen) atoms. The number of aromatic nitrogens is 2. The number of amides is 1. The molecule has 1 fully saturated rings. The van der Waals surface area contributed by atoms with Crippen LogP contribution in [-0.4, -0.2) is 73.6 Å². The smallest absolute Gasteiger partial charge is 0.251 e. The fourth-order valence-corrected chi connectivity index (χ4v) is 3.24. The average molecular weight is 381 g/mol. The number of anilines is 1. The Morgan fingerprint density at radius 2 is 1.89 bits per heavy atom. The summed E-state index contributed by atoms with van der Waals surface area (Å²) in [6.07, 6.45) is 4.37. The summed E-state index contributed by atoms with van der Waals surface area (Å²) in [6, 6.07) is 9.54. The number of aliphatic imine (C=N–C) groups is 1. The van der Waals surface area contributed by atoms with Gasteiger partial charge in [0.25, 0.3) is 5.91 Å². The molecule has 1 aliphatic rings. The highest BCUT2D eigenvalue weighted by atomic mass is 16.1. The number of guanidine groups is 1. The first-order chi connectivity index (χ1) is 13.7. The van der Waals surface area contributed by atoms with Crippen LogP contribution in [0.15, 0.2) is 47.7 Å². The highest BCUT2D eigenvalue weighted by Gasteiger charge is 2.20. The molecule has 1 aromatic heterocycles. The third kappa shape index (κ3) is 4.97. The van der Waals surface area contributed by atoms with E-state index in [4.69, 9.17) is 0 Å². The molecule has 2 heterocycles. The zero-order chi connectivity index (χ0) is 19.8. The highest BCUT2D eigenvalue weighted by Crippen LogP contribution is 2.10. The van der Waals surface area contributed by atoms with E-state index in [0.717, 1.165) is 56.6 Å². The van der Waals surface area contributed by atoms with Crippen LogP contribution in [0.4, 0.5) is 5.95 Å². The molecule has 0 bridgehead atoms. The van der Waals surface area contributed by atoms with E-state index in [9.17, 15) is 4.79 Å². The lowest BCUT2D eigenvalue weighted by molar-refractivity contribution is 0.0963. The minimum atomic E-state index is -0.0640. The first-order valence-electron chi connectivity index (χ1n) is 9.50. The number of hydrogen-bond acceptors (Lipinski definition) is 5. The number of carbonyl (C=O) groups is 1. The minimum Gasteiger partial charge on any atom is -0.356 e. The molecule has 1 saturated heterocycles. The van der Waals surface area contributed by atoms with Crippen LogP contribution in [0.3, 0.4) is 0 Å². The molecule has 8 heteroatoms. The van der Waals surface area contributed by atoms with E-state index in [0.29, 0.717) is 5.56 Å². The van der Waals surface area contributed by atoms with Gasteiger partial charge in [0.2, 0.25) is 5.95 Å². The lowest BCUT2D eigenvalue weighted by Crippen LogP contribution is -2.53. The zero-order valence-electron chi connectivity index (χ0n) is 16.4. The highest BCUT2D eigenvalue weighted by molar-refractivity contribution is 5.94. The van der Waals surface area contributed by atoms with Gasteiger partial charge in [0.15, 0.2) is 5.96 Å². The molecular formula is C20H27N7O. The summed E-state index contributed by atoms with van der Waals surface area (Å²) >= 11 is 0. The predicted octanol–water partition coefficient (Wildman–Crippen LogP) is 0.776. The second kappa shape index (κ2) is 9.68. The average Bonchev–Trinajstić information content (AvgIpc) is 2.77. The summed E-state index contributed by atoms with van der Waals surface area (Å²) in [7, 11) is 3.45. The molecule has 0 spiro atoms. The van der Waals surface area contributed by atoms with Gasteiger partial charge < -0.3 is 20.4 Å². The van der Waals surface area contributed by atoms with Crippen molar-refractivity contribution in [1.82, 2.24) is 25.5 Å². The van der Waals surface area contributed by atoms with Crippen molar-refractivity contribution in [2.24, 2.45) is 4.99 Å². The van der Waals surface area contributed by atoms with E-state index in [1.165, 1.54) is 0 Å². The van der Waals surface area contributed by atoms with E-state index in [2.05, 4.69) is 35.4 Å². The first kappa shape index (κ1) is 19.6. The van der Waals surface area contributed by atoms with Crippen LogP contribution in [0.5, 0.6) is 0 Å². The van der Waals surface area contributed by atoms with E-state index in [-0.39, 0.29) is 5.91 Å². The van der Waals surface area contributed by atoms with Crippen molar-refractivity contribution in [2.45, 2.75) is 6.42 Å². The van der Waals surface area contributed by atoms with Gasteiger partial charge in [-0.2, -0.15) is 0 Å². The number of carbonyl (C=O) groups excluding carboxylic acids is 1. The topological polar surface area (TPSA) is 85.8 Å². The van der Waals surface area contributed by atoms with Crippen molar-refractivity contribution in [3.63, 3.8) is 0 Å². The Kier molecular flexibility index (Phi) is 6.78. The molecular weight excluding hydrogens is 354 g/mol. The Labute approximate surface area is 165 Å². The first-order valence-corrected chi connectivity index (χ1v) is 9.50. The Bertz CT molecular complexity index is 801. The van der Waals surface area contributed by atoms with Gasteiger partial charge in [-0.05, 0) is 30.2 Å². The van der Waals surface area contributed by atoms with Gasteiger partial charge in [-0.25, -0.2) is 9.97 Å². The van der Waals surface area contributed by atoms with Crippen molar-refractivity contribution in [3.05, 3.63) is 53.9 Å². The number of rotatable bonds is 5. The van der Waals surface area contributed by atoms with Crippen LogP contribution in [0, 0.1) is 0 Å². The summed E-state index contributed by atoms with van der Waals surface area (Å²) in [5.74, 6) is 1.61. The Hall–Kier alpha value is -3.16. The molecule has 8 nitrogen and oxygen atoms in total. The van der Waals surface area contributed by atoms with Crippen LogP contribution >= 0.6 is 0 Å². The second-order valence-corrected chi connectivity index (χ2v) is 6.53. The maximum Gasteiger partial charge on any atom is 0.251 e. The minimum absolute atomic E-state index is 0.0640. The van der Waals surface area contributed by atoms with Crippen LogP contribution in [0.25, 0.3) is 0 Å². The van der Waals surface area contributed by atoms with E-state index in [1.807, 2.05) is 30.3 Å². The summed E-state index contributed by atoms with van der Waals surface area (Å²) in [5, 5.41) is 6.09. The molecule has 2 aromatic rings. The van der Waals surface area contributed by atoms with E-state index < -0.39 is 0 Å². The number of nitrogens with zero attached hydrogens (tertiary/aromatic N) is 5. The monoisotopic (exact) mass is 381 g/mol. The standard InChI is InChI=1S/C20H27N7O/c1-21-18(28)17-6-3-5-16(15-17)7-10-25-19(22-2)26-11-13-27(14-12-26)20-23-8-4-9-24-20/h3-6,8-9,15H,7,10-14H2,1-2H3,(H,21,28)(H,22,25). The van der Waals surface area contributed by atoms with Gasteiger partial charge >= 0.3 is 0 Å². The van der Waals surface area contributed by atoms with E-state index >= 15 is 0 Å². The SMILES string of the molecule is CN=C(NCCc1cccc(C(=O)NC)c1)N1CCN(c2ncccn2)CC1. The maximum absolute atomic E-state index is 11.8. The van der Waals surface area contributed by atoms with Crippen LogP contribution in [-0.2, 0) is 6.42 Å². The number of nitrogens with one attached hydrogen (secondary N) is 2. The van der Waals surface area contributed by atoms with Crippen molar-refractivity contribution in [2.75, 3.05) is 51.7 Å². The fourth-order valence-electron chi connectivity index (χ4n) is 3.24. The predicted molar refractivity (Wildman–Crippen MR) is 111 cm³/mol. The lowest BCUT2D eigenvalue weighted by Gasteiger charge is -2.36. The molecule has 2 N–H and O–H groups in total. The second-order valence-electron chi connectivity index (χ2n) is 6.53. The van der Waals surface area contributed by atoms with Gasteiger partial charge in [-0.3, -0.25) is 9.79 Å². The van der Waals surface area contributed by atoms with Crippen LogP contribution < -0.4 is 15.5 Å². The van der Waals surface area contributed by atoms with Gasteiger partial charge in [0, 0.05) is 64.8 Å². The zero-order valence-corrected chi connectivity index (χ0v) is 16.4. The third-order valence-corrected chi connectivity index (χ3v) is 4.74. The fraction of sp³-hybridized carbons (Fsp3) is 0.400. The summed E-state index contributed by atoms with van der Waals surface area (Å²) in [5.41, 5.74) is 1.80. The molecule has 148 valence electrons. The maximum atomic E-state index is 11.8. The Morgan fingerprint density at radius 1 is 1.14 bits per heavy atom. The van der Waals surface area contributed by atoms with Crippen LogP contribution in [0.2, 0.25) is 0 Å². The van der Waals surface area contributed by atoms with Crippen molar-refractivity contribution >= 4 is 17.8 Å². The Balaban J connectivity index is 1.48. The molecule has 3 rings (SSSR count). The normalized spacial score (nSPS) is 14.7. The van der Waals surface area contributed by atoms with E-state index in [1.54, 1.807) is 26.5 Å². The summed E-state index contributed by atoms with van der Waals surface area (Å²) in [4.78, 5) is 29.3. The summed E-state index contributed by atoms with van der Waals surface area (Å²) in [6.45, 7) is 4.21. The van der Waals surface area contributed by atoms with Crippen molar-refractivity contribution in [1.29, 1.82) is 0 Å². The lowest BCUT2D eigenvalue weighted by atomic mass is 10.1. The number of benzene rings is 1. The third-order valence-electron chi connectivity index (χ3n) is 4.74. The number of piperazine rings is 1. The van der Waals surface area contributed by atoms with Gasteiger partial charge in [0.05, 0.1) is 0 Å². The molecule has 1 amide bonds. The number of hydrogen-bond donors (Lipinski definition) is 2. The Morgan fingerprint density at radius 3 is 2.57 bits per heavy atom. The molecule has 0 atom stereocenters. The molecule has 0 radical (unpaired) electrons. The molecule has 0 aliphatic carbocycles. The molecule has 0 unspecified atom stereocenters. The van der Waals surface area contributed by atoms with Crippen LogP contribution in [0.1, 0.15) is 15.9 Å². The summed E-state index contributed by atoms with van der Waals surface area (Å²) < 4.78 is 0. The largest absolute Gasteiger partial charge is 0.356 e. The van der Waals surface area contributed by atoms with Crippen molar-refractivity contribution < 1.29 is 4.79 Å². The molecule has 1 aliphatic heterocycles. The molecule has 1 aromatic carbocycles. The van der Waals surface area contributed by atoms with Crippen molar-refractivity contribution in [3.8, 4) is 0 Å². The van der Waals surface area contributed by atoms with Gasteiger partial charge in [-0.1, -0.05) is 12.1 Å². The quantitative estimate of drug-likeness (QED) is 0.588. The van der Waals surface area contributed by atoms with Gasteiger partial charge in [-0.15, -0.1) is 0 Å². The van der Waals surface area contributed by atoms with Gasteiger partial charge in [0.1, 0.15) is 0 Å². The molecule has 0 saturated carbocycles.